The Kier molecular flexibility index (Phi) is 3.31. The molecule has 23 heavy (non-hydrogen) atoms. The Morgan fingerprint density at radius 1 is 1.26 bits per heavy atom. The molecule has 0 saturated heterocycles. The van der Waals surface area contributed by atoms with Gasteiger partial charge in [-0.1, -0.05) is 6.07 Å². The predicted octanol–water partition coefficient (Wildman–Crippen LogP) is 1.79. The van der Waals surface area contributed by atoms with E-state index >= 15 is 0 Å². The fourth-order valence-electron chi connectivity index (χ4n) is 2.36. The number of aromatic nitrogens is 4. The molecule has 0 amide bonds. The van der Waals surface area contributed by atoms with E-state index in [4.69, 9.17) is 12.3 Å². The van der Waals surface area contributed by atoms with Crippen LogP contribution < -0.4 is 10.8 Å². The van der Waals surface area contributed by atoms with Gasteiger partial charge in [-0.3, -0.25) is 4.98 Å². The van der Waals surface area contributed by atoms with Crippen LogP contribution in [0.15, 0.2) is 59.8 Å². The zero-order valence-electron chi connectivity index (χ0n) is 12.2. The van der Waals surface area contributed by atoms with Crippen LogP contribution in [-0.4, -0.2) is 27.4 Å². The minimum Gasteiger partial charge on any atom is -0.472 e. The van der Waals surface area contributed by atoms with Crippen LogP contribution in [0.5, 0.6) is 0 Å². The predicted molar refractivity (Wildman–Crippen MR) is 87.6 cm³/mol. The molecule has 4 aromatic heterocycles. The van der Waals surface area contributed by atoms with Crippen LogP contribution in [0.25, 0.3) is 16.9 Å². The highest BCUT2D eigenvalue weighted by atomic mass is 16.3. The van der Waals surface area contributed by atoms with Crippen LogP contribution in [-0.2, 0) is 6.54 Å². The van der Waals surface area contributed by atoms with E-state index in [2.05, 4.69) is 20.4 Å². The van der Waals surface area contributed by atoms with Crippen LogP contribution in [0.3, 0.4) is 0 Å². The molecule has 7 heteroatoms. The molecule has 0 aromatic carbocycles. The second kappa shape index (κ2) is 5.60. The topological polar surface area (TPSA) is 68.2 Å². The number of anilines is 1. The molecule has 0 fully saturated rings. The van der Waals surface area contributed by atoms with E-state index in [1.807, 2.05) is 30.5 Å². The fourth-order valence-corrected chi connectivity index (χ4v) is 2.36. The zero-order chi connectivity index (χ0) is 15.6. The lowest BCUT2D eigenvalue weighted by Crippen LogP contribution is -2.09. The van der Waals surface area contributed by atoms with Gasteiger partial charge in [-0.05, 0) is 23.2 Å². The summed E-state index contributed by atoms with van der Waals surface area (Å²) < 4.78 is 6.83. The second-order valence-electron chi connectivity index (χ2n) is 5.09. The minimum absolute atomic E-state index is 0.528. The maximum atomic E-state index is 5.97. The lowest BCUT2D eigenvalue weighted by atomic mass is 10.0. The number of furan rings is 1. The summed E-state index contributed by atoms with van der Waals surface area (Å²) in [5.74, 6) is 0.798. The number of nitrogens with zero attached hydrogens (tertiary/aromatic N) is 4. The molecule has 0 saturated carbocycles. The van der Waals surface area contributed by atoms with Crippen LogP contribution in [0.2, 0.25) is 0 Å². The summed E-state index contributed by atoms with van der Waals surface area (Å²) in [4.78, 5) is 8.67. The van der Waals surface area contributed by atoms with Gasteiger partial charge in [-0.25, -0.2) is 4.98 Å². The summed E-state index contributed by atoms with van der Waals surface area (Å²) in [6.45, 7) is 0.623. The first-order valence-electron chi connectivity index (χ1n) is 7.11. The van der Waals surface area contributed by atoms with E-state index in [9.17, 15) is 0 Å². The van der Waals surface area contributed by atoms with Crippen LogP contribution in [0.4, 0.5) is 5.82 Å². The summed E-state index contributed by atoms with van der Waals surface area (Å²) >= 11 is 0. The molecule has 1 N–H and O–H groups in total. The monoisotopic (exact) mass is 301 g/mol. The first kappa shape index (κ1) is 13.6. The average molecular weight is 301 g/mol. The van der Waals surface area contributed by atoms with E-state index in [1.165, 1.54) is 0 Å². The van der Waals surface area contributed by atoms with Crippen molar-refractivity contribution in [3.05, 3.63) is 60.9 Å². The van der Waals surface area contributed by atoms with Gasteiger partial charge in [0.25, 0.3) is 0 Å². The van der Waals surface area contributed by atoms with Crippen LogP contribution in [0.1, 0.15) is 5.56 Å². The molecule has 4 aromatic rings. The maximum Gasteiger partial charge on any atom is 0.150 e. The number of rotatable bonds is 4. The van der Waals surface area contributed by atoms with Crippen molar-refractivity contribution in [1.82, 2.24) is 19.6 Å². The molecule has 0 aliphatic carbocycles. The Balaban J connectivity index is 1.75. The highest BCUT2D eigenvalue weighted by Crippen LogP contribution is 2.22. The van der Waals surface area contributed by atoms with Gasteiger partial charge in [0.2, 0.25) is 0 Å². The number of hydrogen-bond donors (Lipinski definition) is 1. The molecule has 2 radical (unpaired) electrons. The van der Waals surface area contributed by atoms with Crippen molar-refractivity contribution in [3.63, 3.8) is 0 Å². The molecule has 0 aliphatic rings. The molecule has 0 unspecified atom stereocenters. The van der Waals surface area contributed by atoms with Gasteiger partial charge in [0, 0.05) is 36.8 Å². The third-order valence-corrected chi connectivity index (χ3v) is 3.51. The standard InChI is InChI=1S/C16H12BN5O/c17-13-9-20-22-15(19-8-11-2-1-4-18-7-11)6-14(21-16(13)22)12-3-5-23-10-12/h1-7,9-10,19H,8H2. The molecule has 0 aliphatic heterocycles. The van der Waals surface area contributed by atoms with Gasteiger partial charge in [0.05, 0.1) is 18.2 Å². The van der Waals surface area contributed by atoms with Crippen molar-refractivity contribution in [3.8, 4) is 11.3 Å². The van der Waals surface area contributed by atoms with Crippen molar-refractivity contribution in [1.29, 1.82) is 0 Å². The number of fused-ring (bicyclic) bond motifs is 1. The number of hydrogen-bond acceptors (Lipinski definition) is 5. The smallest absolute Gasteiger partial charge is 0.150 e. The number of nitrogens with one attached hydrogen (secondary N) is 1. The quantitative estimate of drug-likeness (QED) is 0.582. The molecule has 4 rings (SSSR count). The van der Waals surface area contributed by atoms with E-state index < -0.39 is 0 Å². The van der Waals surface area contributed by atoms with E-state index in [1.54, 1.807) is 29.4 Å². The van der Waals surface area contributed by atoms with Gasteiger partial charge in [0.1, 0.15) is 13.7 Å². The normalized spacial score (nSPS) is 11.0. The molecular weight excluding hydrogens is 289 g/mol. The zero-order valence-corrected chi connectivity index (χ0v) is 12.2. The van der Waals surface area contributed by atoms with Crippen molar-refractivity contribution in [2.75, 3.05) is 5.32 Å². The Bertz CT molecular complexity index is 934. The Morgan fingerprint density at radius 3 is 3.00 bits per heavy atom. The van der Waals surface area contributed by atoms with E-state index in [0.717, 1.165) is 22.6 Å². The van der Waals surface area contributed by atoms with Crippen molar-refractivity contribution in [2.24, 2.45) is 0 Å². The average Bonchev–Trinajstić information content (AvgIpc) is 3.24. The molecule has 0 bridgehead atoms. The first-order valence-corrected chi connectivity index (χ1v) is 7.11. The lowest BCUT2D eigenvalue weighted by molar-refractivity contribution is 0.568. The summed E-state index contributed by atoms with van der Waals surface area (Å²) in [7, 11) is 5.97. The van der Waals surface area contributed by atoms with Gasteiger partial charge in [-0.15, -0.1) is 0 Å². The Labute approximate surface area is 133 Å². The van der Waals surface area contributed by atoms with Crippen molar-refractivity contribution < 1.29 is 4.42 Å². The molecule has 0 atom stereocenters. The Hall–Kier alpha value is -3.09. The summed E-state index contributed by atoms with van der Waals surface area (Å²) in [5.41, 5.74) is 3.87. The molecule has 6 nitrogen and oxygen atoms in total. The molecular formula is C16H12BN5O. The molecule has 4 heterocycles. The minimum atomic E-state index is 0.528. The summed E-state index contributed by atoms with van der Waals surface area (Å²) in [5, 5.41) is 7.63. The third-order valence-electron chi connectivity index (χ3n) is 3.51. The highest BCUT2D eigenvalue weighted by Gasteiger charge is 2.11. The largest absolute Gasteiger partial charge is 0.472 e. The third kappa shape index (κ3) is 2.57. The van der Waals surface area contributed by atoms with Crippen LogP contribution in [0, 0.1) is 0 Å². The van der Waals surface area contributed by atoms with Gasteiger partial charge < -0.3 is 9.73 Å². The molecule has 0 spiro atoms. The SMILES string of the molecule is [B]c1cnn2c(NCc3cccnc3)cc(-c3ccoc3)nc12. The van der Waals surface area contributed by atoms with Gasteiger partial charge in [0.15, 0.2) is 5.65 Å². The lowest BCUT2D eigenvalue weighted by Gasteiger charge is -2.10. The summed E-state index contributed by atoms with van der Waals surface area (Å²) in [6, 6.07) is 7.69. The molecule has 110 valence electrons. The van der Waals surface area contributed by atoms with Crippen molar-refractivity contribution >= 4 is 24.8 Å². The fraction of sp³-hybridized carbons (Fsp3) is 0.0625. The van der Waals surface area contributed by atoms with E-state index in [0.29, 0.717) is 17.7 Å². The van der Waals surface area contributed by atoms with E-state index in [-0.39, 0.29) is 0 Å². The number of pyridine rings is 1. The van der Waals surface area contributed by atoms with Crippen LogP contribution >= 0.6 is 0 Å². The first-order chi connectivity index (χ1) is 11.3. The second-order valence-corrected chi connectivity index (χ2v) is 5.09. The van der Waals surface area contributed by atoms with Crippen molar-refractivity contribution in [2.45, 2.75) is 6.54 Å². The highest BCUT2D eigenvalue weighted by molar-refractivity contribution is 6.36. The summed E-state index contributed by atoms with van der Waals surface area (Å²) in [6.07, 6.45) is 8.43. The van der Waals surface area contributed by atoms with Gasteiger partial charge >= 0.3 is 0 Å². The van der Waals surface area contributed by atoms with Gasteiger partial charge in [-0.2, -0.15) is 9.61 Å². The Morgan fingerprint density at radius 2 is 2.22 bits per heavy atom. The maximum absolute atomic E-state index is 5.97.